The SMILES string of the molecule is COC(=O)[C@@H](N)Cc1ncc(C)cc1[N+](=O)[O-]. The lowest BCUT2D eigenvalue weighted by atomic mass is 10.1. The second-order valence-corrected chi connectivity index (χ2v) is 3.57. The van der Waals surface area contributed by atoms with E-state index in [0.29, 0.717) is 5.56 Å². The minimum atomic E-state index is -0.950. The highest BCUT2D eigenvalue weighted by Crippen LogP contribution is 2.18. The molecule has 0 saturated heterocycles. The van der Waals surface area contributed by atoms with E-state index in [4.69, 9.17) is 5.73 Å². The Bertz CT molecular complexity index is 447. The van der Waals surface area contributed by atoms with Crippen LogP contribution >= 0.6 is 0 Å². The lowest BCUT2D eigenvalue weighted by molar-refractivity contribution is -0.386. The molecule has 0 unspecified atom stereocenters. The molecule has 1 aromatic heterocycles. The van der Waals surface area contributed by atoms with Gasteiger partial charge in [0.25, 0.3) is 5.69 Å². The fraction of sp³-hybridized carbons (Fsp3) is 0.400. The summed E-state index contributed by atoms with van der Waals surface area (Å²) in [5.74, 6) is -0.623. The van der Waals surface area contributed by atoms with Crippen LogP contribution in [0.25, 0.3) is 0 Å². The highest BCUT2D eigenvalue weighted by molar-refractivity contribution is 5.75. The molecule has 7 heteroatoms. The van der Waals surface area contributed by atoms with E-state index in [9.17, 15) is 14.9 Å². The number of carbonyl (C=O) groups is 1. The molecule has 1 atom stereocenters. The third-order valence-corrected chi connectivity index (χ3v) is 2.20. The number of hydrogen-bond donors (Lipinski definition) is 1. The molecule has 0 saturated carbocycles. The molecule has 0 fully saturated rings. The van der Waals surface area contributed by atoms with Crippen molar-refractivity contribution in [3.8, 4) is 0 Å². The molecule has 17 heavy (non-hydrogen) atoms. The van der Waals surface area contributed by atoms with Crippen molar-refractivity contribution in [1.29, 1.82) is 0 Å². The molecular formula is C10H13N3O4. The van der Waals surface area contributed by atoms with Crippen LogP contribution in [0.5, 0.6) is 0 Å². The Balaban J connectivity index is 2.98. The molecule has 0 aliphatic rings. The molecule has 0 aliphatic heterocycles. The number of nitro groups is 1. The van der Waals surface area contributed by atoms with Crippen molar-refractivity contribution < 1.29 is 14.5 Å². The lowest BCUT2D eigenvalue weighted by Gasteiger charge is -2.08. The van der Waals surface area contributed by atoms with E-state index in [1.807, 2.05) is 0 Å². The number of methoxy groups -OCH3 is 1. The zero-order valence-electron chi connectivity index (χ0n) is 9.54. The maximum atomic E-state index is 11.1. The van der Waals surface area contributed by atoms with Crippen molar-refractivity contribution in [2.24, 2.45) is 5.73 Å². The number of pyridine rings is 1. The molecule has 2 N–H and O–H groups in total. The Morgan fingerprint density at radius 1 is 1.71 bits per heavy atom. The Kier molecular flexibility index (Phi) is 4.11. The van der Waals surface area contributed by atoms with Gasteiger partial charge in [-0.25, -0.2) is 0 Å². The van der Waals surface area contributed by atoms with Crippen LogP contribution in [0.1, 0.15) is 11.3 Å². The van der Waals surface area contributed by atoms with E-state index in [1.54, 1.807) is 6.92 Å². The molecule has 0 aliphatic carbocycles. The predicted octanol–water partition coefficient (Wildman–Crippen LogP) is 0.341. The van der Waals surface area contributed by atoms with Gasteiger partial charge < -0.3 is 10.5 Å². The van der Waals surface area contributed by atoms with E-state index < -0.39 is 16.9 Å². The first-order valence-electron chi connectivity index (χ1n) is 4.89. The summed E-state index contributed by atoms with van der Waals surface area (Å²) < 4.78 is 4.45. The van der Waals surface area contributed by atoms with Crippen LogP contribution in [0.15, 0.2) is 12.3 Å². The third-order valence-electron chi connectivity index (χ3n) is 2.20. The number of esters is 1. The zero-order chi connectivity index (χ0) is 13.0. The summed E-state index contributed by atoms with van der Waals surface area (Å²) in [4.78, 5) is 25.3. The fourth-order valence-electron chi connectivity index (χ4n) is 1.34. The van der Waals surface area contributed by atoms with Gasteiger partial charge >= 0.3 is 5.97 Å². The van der Waals surface area contributed by atoms with Gasteiger partial charge in [0.1, 0.15) is 11.7 Å². The number of rotatable bonds is 4. The van der Waals surface area contributed by atoms with Gasteiger partial charge in [-0.2, -0.15) is 0 Å². The largest absolute Gasteiger partial charge is 0.468 e. The van der Waals surface area contributed by atoms with Gasteiger partial charge in [0, 0.05) is 18.7 Å². The van der Waals surface area contributed by atoms with Gasteiger partial charge in [-0.05, 0) is 12.5 Å². The van der Waals surface area contributed by atoms with Crippen LogP contribution in [0.2, 0.25) is 0 Å². The van der Waals surface area contributed by atoms with Gasteiger partial charge in [0.15, 0.2) is 0 Å². The van der Waals surface area contributed by atoms with Crippen LogP contribution < -0.4 is 5.73 Å². The van der Waals surface area contributed by atoms with E-state index >= 15 is 0 Å². The Morgan fingerprint density at radius 3 is 2.88 bits per heavy atom. The van der Waals surface area contributed by atoms with Crippen molar-refractivity contribution in [3.05, 3.63) is 33.6 Å². The minimum absolute atomic E-state index is 0.0245. The number of aryl methyl sites for hydroxylation is 1. The molecule has 7 nitrogen and oxygen atoms in total. The average Bonchev–Trinajstić information content (AvgIpc) is 2.29. The summed E-state index contributed by atoms with van der Waals surface area (Å²) in [7, 11) is 1.21. The number of hydrogen-bond acceptors (Lipinski definition) is 6. The molecule has 92 valence electrons. The second kappa shape index (κ2) is 5.35. The smallest absolute Gasteiger partial charge is 0.323 e. The number of nitrogens with two attached hydrogens (primary N) is 1. The summed E-state index contributed by atoms with van der Waals surface area (Å²) in [5.41, 5.74) is 6.25. The van der Waals surface area contributed by atoms with Crippen LogP contribution in [-0.2, 0) is 16.0 Å². The van der Waals surface area contributed by atoms with Gasteiger partial charge in [-0.1, -0.05) is 0 Å². The van der Waals surface area contributed by atoms with Crippen LogP contribution in [-0.4, -0.2) is 29.0 Å². The van der Waals surface area contributed by atoms with Crippen molar-refractivity contribution in [3.63, 3.8) is 0 Å². The summed E-state index contributed by atoms with van der Waals surface area (Å²) in [5, 5.41) is 10.8. The van der Waals surface area contributed by atoms with Crippen LogP contribution in [0, 0.1) is 17.0 Å². The average molecular weight is 239 g/mol. The van der Waals surface area contributed by atoms with E-state index in [0.717, 1.165) is 0 Å². The molecular weight excluding hydrogens is 226 g/mol. The first kappa shape index (κ1) is 13.0. The van der Waals surface area contributed by atoms with Crippen LogP contribution in [0.3, 0.4) is 0 Å². The maximum absolute atomic E-state index is 11.1. The minimum Gasteiger partial charge on any atom is -0.468 e. The van der Waals surface area contributed by atoms with Gasteiger partial charge in [0.2, 0.25) is 0 Å². The second-order valence-electron chi connectivity index (χ2n) is 3.57. The normalized spacial score (nSPS) is 11.9. The molecule has 0 aromatic carbocycles. The first-order valence-corrected chi connectivity index (χ1v) is 4.89. The molecule has 0 amide bonds. The monoisotopic (exact) mass is 239 g/mol. The summed E-state index contributed by atoms with van der Waals surface area (Å²) in [6.45, 7) is 1.70. The summed E-state index contributed by atoms with van der Waals surface area (Å²) in [6.07, 6.45) is 1.47. The Labute approximate surface area is 97.7 Å². The predicted molar refractivity (Wildman–Crippen MR) is 59.3 cm³/mol. The standard InChI is InChI=1S/C10H13N3O4/c1-6-3-9(13(15)16)8(12-5-6)4-7(11)10(14)17-2/h3,5,7H,4,11H2,1-2H3/t7-/m0/s1. The number of carbonyl (C=O) groups excluding carboxylic acids is 1. The van der Waals surface area contributed by atoms with Gasteiger partial charge in [0.05, 0.1) is 12.0 Å². The van der Waals surface area contributed by atoms with Crippen LogP contribution in [0.4, 0.5) is 5.69 Å². The fourth-order valence-corrected chi connectivity index (χ4v) is 1.34. The Hall–Kier alpha value is -2.02. The molecule has 0 bridgehead atoms. The van der Waals surface area contributed by atoms with Gasteiger partial charge in [-0.3, -0.25) is 19.9 Å². The molecule has 0 spiro atoms. The van der Waals surface area contributed by atoms with E-state index in [-0.39, 0.29) is 17.8 Å². The van der Waals surface area contributed by atoms with E-state index in [2.05, 4.69) is 9.72 Å². The lowest BCUT2D eigenvalue weighted by Crippen LogP contribution is -2.34. The highest BCUT2D eigenvalue weighted by atomic mass is 16.6. The summed E-state index contributed by atoms with van der Waals surface area (Å²) in [6, 6.07) is 0.445. The van der Waals surface area contributed by atoms with Crippen molar-refractivity contribution in [1.82, 2.24) is 4.98 Å². The number of nitrogens with zero attached hydrogens (tertiary/aromatic N) is 2. The molecule has 1 rings (SSSR count). The maximum Gasteiger partial charge on any atom is 0.323 e. The quantitative estimate of drug-likeness (QED) is 0.461. The molecule has 1 heterocycles. The Morgan fingerprint density at radius 2 is 2.35 bits per heavy atom. The van der Waals surface area contributed by atoms with Crippen molar-refractivity contribution in [2.45, 2.75) is 19.4 Å². The highest BCUT2D eigenvalue weighted by Gasteiger charge is 2.22. The van der Waals surface area contributed by atoms with Crippen molar-refractivity contribution >= 4 is 11.7 Å². The van der Waals surface area contributed by atoms with Crippen molar-refractivity contribution in [2.75, 3.05) is 7.11 Å². The molecule has 1 aromatic rings. The third kappa shape index (κ3) is 3.22. The first-order chi connectivity index (χ1) is 7.95. The topological polar surface area (TPSA) is 108 Å². The number of aromatic nitrogens is 1. The van der Waals surface area contributed by atoms with E-state index in [1.165, 1.54) is 19.4 Å². The number of ether oxygens (including phenoxy) is 1. The zero-order valence-corrected chi connectivity index (χ0v) is 9.54. The summed E-state index contributed by atoms with van der Waals surface area (Å²) >= 11 is 0. The van der Waals surface area contributed by atoms with Gasteiger partial charge in [-0.15, -0.1) is 0 Å². The molecule has 0 radical (unpaired) electrons.